The van der Waals surface area contributed by atoms with Gasteiger partial charge in [0.2, 0.25) is 0 Å². The standard InChI is InChI=1S/C17H9F2N3/c18-11-6-4-10(5-7-11)17(9-21)12-2-1-3-14(19)15(12)16(22)13(17)8-20/h1-7,13,22H/t13?,17-/m0/s1. The molecule has 106 valence electrons. The van der Waals surface area contributed by atoms with Crippen molar-refractivity contribution in [3.63, 3.8) is 0 Å². The van der Waals surface area contributed by atoms with E-state index in [0.29, 0.717) is 5.56 Å². The molecular formula is C17H9F2N3. The average molecular weight is 293 g/mol. The van der Waals surface area contributed by atoms with Gasteiger partial charge in [0.05, 0.1) is 17.9 Å². The molecule has 0 heterocycles. The topological polar surface area (TPSA) is 71.4 Å². The van der Waals surface area contributed by atoms with E-state index >= 15 is 0 Å². The number of hydrogen-bond donors (Lipinski definition) is 1. The van der Waals surface area contributed by atoms with Crippen LogP contribution in [0.2, 0.25) is 0 Å². The summed E-state index contributed by atoms with van der Waals surface area (Å²) in [5, 5.41) is 27.3. The number of nitrogens with one attached hydrogen (secondary N) is 1. The maximum atomic E-state index is 14.1. The second-order valence-electron chi connectivity index (χ2n) is 5.06. The van der Waals surface area contributed by atoms with Gasteiger partial charge in [-0.3, -0.25) is 0 Å². The Hall–Kier alpha value is -3.05. The van der Waals surface area contributed by atoms with Gasteiger partial charge in [-0.1, -0.05) is 24.3 Å². The number of fused-ring (bicyclic) bond motifs is 1. The van der Waals surface area contributed by atoms with Crippen molar-refractivity contribution in [1.82, 2.24) is 0 Å². The highest BCUT2D eigenvalue weighted by atomic mass is 19.1. The van der Waals surface area contributed by atoms with Crippen LogP contribution in [-0.2, 0) is 5.41 Å². The van der Waals surface area contributed by atoms with Crippen molar-refractivity contribution in [3.05, 3.63) is 70.8 Å². The van der Waals surface area contributed by atoms with Crippen molar-refractivity contribution < 1.29 is 8.78 Å². The summed E-state index contributed by atoms with van der Waals surface area (Å²) in [5.41, 5.74) is -1.09. The average Bonchev–Trinajstić information content (AvgIpc) is 2.78. The maximum absolute atomic E-state index is 14.1. The van der Waals surface area contributed by atoms with Crippen molar-refractivity contribution in [2.75, 3.05) is 0 Å². The zero-order valence-electron chi connectivity index (χ0n) is 11.3. The third kappa shape index (κ3) is 1.60. The summed E-state index contributed by atoms with van der Waals surface area (Å²) in [4.78, 5) is 0. The van der Waals surface area contributed by atoms with Gasteiger partial charge in [-0.05, 0) is 29.3 Å². The lowest BCUT2D eigenvalue weighted by Gasteiger charge is -2.25. The fourth-order valence-corrected chi connectivity index (χ4v) is 3.03. The van der Waals surface area contributed by atoms with Crippen LogP contribution in [0.5, 0.6) is 0 Å². The first kappa shape index (κ1) is 13.9. The van der Waals surface area contributed by atoms with Gasteiger partial charge in [0, 0.05) is 5.56 Å². The monoisotopic (exact) mass is 293 g/mol. The predicted molar refractivity (Wildman–Crippen MR) is 75.1 cm³/mol. The van der Waals surface area contributed by atoms with Crippen LogP contribution in [0.25, 0.3) is 0 Å². The Bertz CT molecular complexity index is 859. The summed E-state index contributed by atoms with van der Waals surface area (Å²) >= 11 is 0. The van der Waals surface area contributed by atoms with E-state index in [-0.39, 0.29) is 16.8 Å². The molecule has 1 aliphatic carbocycles. The summed E-state index contributed by atoms with van der Waals surface area (Å²) in [6, 6.07) is 13.4. The molecule has 3 nitrogen and oxygen atoms in total. The number of halogens is 2. The first-order chi connectivity index (χ1) is 10.6. The lowest BCUT2D eigenvalue weighted by Crippen LogP contribution is -2.32. The molecule has 1 unspecified atom stereocenters. The fourth-order valence-electron chi connectivity index (χ4n) is 3.03. The van der Waals surface area contributed by atoms with Crippen LogP contribution in [0, 0.1) is 45.6 Å². The maximum Gasteiger partial charge on any atom is 0.132 e. The summed E-state index contributed by atoms with van der Waals surface area (Å²) in [6.45, 7) is 0. The molecule has 0 aromatic heterocycles. The Morgan fingerprint density at radius 1 is 1.05 bits per heavy atom. The van der Waals surface area contributed by atoms with Crippen LogP contribution < -0.4 is 0 Å². The van der Waals surface area contributed by atoms with E-state index in [1.807, 2.05) is 6.07 Å². The van der Waals surface area contributed by atoms with Gasteiger partial charge in [-0.15, -0.1) is 0 Å². The summed E-state index contributed by atoms with van der Waals surface area (Å²) in [7, 11) is 0. The van der Waals surface area contributed by atoms with Crippen LogP contribution >= 0.6 is 0 Å². The normalized spacial score (nSPS) is 22.7. The SMILES string of the molecule is N#CC1C(=N)c2c(F)cccc2[C@]1(C#N)c1ccc(F)cc1. The second-order valence-corrected chi connectivity index (χ2v) is 5.06. The van der Waals surface area contributed by atoms with Crippen LogP contribution in [0.3, 0.4) is 0 Å². The molecule has 1 N–H and O–H groups in total. The van der Waals surface area contributed by atoms with E-state index in [0.717, 1.165) is 0 Å². The summed E-state index contributed by atoms with van der Waals surface area (Å²) in [6.07, 6.45) is 0. The Morgan fingerprint density at radius 2 is 1.73 bits per heavy atom. The first-order valence-corrected chi connectivity index (χ1v) is 6.51. The van der Waals surface area contributed by atoms with Gasteiger partial charge in [-0.25, -0.2) is 8.78 Å². The van der Waals surface area contributed by atoms with Crippen molar-refractivity contribution in [1.29, 1.82) is 15.9 Å². The minimum atomic E-state index is -1.50. The van der Waals surface area contributed by atoms with Gasteiger partial charge in [0.15, 0.2) is 0 Å². The molecule has 2 atom stereocenters. The van der Waals surface area contributed by atoms with Crippen molar-refractivity contribution in [3.8, 4) is 12.1 Å². The molecule has 0 radical (unpaired) electrons. The van der Waals surface area contributed by atoms with Gasteiger partial charge in [0.1, 0.15) is 23.0 Å². The molecule has 2 aromatic carbocycles. The zero-order valence-corrected chi connectivity index (χ0v) is 11.3. The van der Waals surface area contributed by atoms with Gasteiger partial charge in [-0.2, -0.15) is 10.5 Å². The lowest BCUT2D eigenvalue weighted by atomic mass is 9.71. The number of rotatable bonds is 1. The molecule has 5 heteroatoms. The Morgan fingerprint density at radius 3 is 2.32 bits per heavy atom. The van der Waals surface area contributed by atoms with Crippen molar-refractivity contribution >= 4 is 5.71 Å². The summed E-state index contributed by atoms with van der Waals surface area (Å²) in [5.74, 6) is -2.25. The quantitative estimate of drug-likeness (QED) is 0.876. The highest BCUT2D eigenvalue weighted by Gasteiger charge is 2.53. The van der Waals surface area contributed by atoms with Crippen LogP contribution in [0.1, 0.15) is 16.7 Å². The lowest BCUT2D eigenvalue weighted by molar-refractivity contribution is 0.598. The van der Waals surface area contributed by atoms with Gasteiger partial charge >= 0.3 is 0 Å². The third-order valence-electron chi connectivity index (χ3n) is 4.03. The number of nitrogens with zero attached hydrogens (tertiary/aromatic N) is 2. The van der Waals surface area contributed by atoms with E-state index in [2.05, 4.69) is 6.07 Å². The largest absolute Gasteiger partial charge is 0.303 e. The molecule has 0 saturated carbocycles. The minimum Gasteiger partial charge on any atom is -0.303 e. The second kappa shape index (κ2) is 4.75. The fraction of sp³-hybridized carbons (Fsp3) is 0.118. The highest BCUT2D eigenvalue weighted by molar-refractivity contribution is 6.09. The van der Waals surface area contributed by atoms with Crippen molar-refractivity contribution in [2.45, 2.75) is 5.41 Å². The van der Waals surface area contributed by atoms with E-state index in [1.165, 1.54) is 42.5 Å². The van der Waals surface area contributed by atoms with Crippen LogP contribution in [0.15, 0.2) is 42.5 Å². The molecule has 0 amide bonds. The van der Waals surface area contributed by atoms with Crippen LogP contribution in [-0.4, -0.2) is 5.71 Å². The molecule has 22 heavy (non-hydrogen) atoms. The van der Waals surface area contributed by atoms with Crippen LogP contribution in [0.4, 0.5) is 8.78 Å². The summed E-state index contributed by atoms with van der Waals surface area (Å²) < 4.78 is 27.3. The van der Waals surface area contributed by atoms with E-state index < -0.39 is 23.0 Å². The molecule has 0 bridgehead atoms. The molecule has 0 fully saturated rings. The smallest absolute Gasteiger partial charge is 0.132 e. The Kier molecular flexibility index (Phi) is 3.00. The molecule has 1 aliphatic rings. The molecule has 3 rings (SSSR count). The number of benzene rings is 2. The van der Waals surface area contributed by atoms with E-state index in [9.17, 15) is 19.3 Å². The van der Waals surface area contributed by atoms with Gasteiger partial charge in [0.25, 0.3) is 0 Å². The molecule has 0 aliphatic heterocycles. The molecule has 2 aromatic rings. The Balaban J connectivity index is 2.39. The molecule has 0 saturated heterocycles. The van der Waals surface area contributed by atoms with Crippen molar-refractivity contribution in [2.24, 2.45) is 5.92 Å². The number of hydrogen-bond acceptors (Lipinski definition) is 3. The predicted octanol–water partition coefficient (Wildman–Crippen LogP) is 3.30. The molecule has 0 spiro atoms. The number of nitriles is 2. The Labute approximate surface area is 125 Å². The van der Waals surface area contributed by atoms with E-state index in [1.54, 1.807) is 0 Å². The van der Waals surface area contributed by atoms with E-state index in [4.69, 9.17) is 5.41 Å². The first-order valence-electron chi connectivity index (χ1n) is 6.51. The molecular weight excluding hydrogens is 284 g/mol. The zero-order chi connectivity index (χ0) is 15.9. The van der Waals surface area contributed by atoms with Gasteiger partial charge < -0.3 is 5.41 Å². The minimum absolute atomic E-state index is 0.0140. The third-order valence-corrected chi connectivity index (χ3v) is 4.03. The highest BCUT2D eigenvalue weighted by Crippen LogP contribution is 2.48.